The van der Waals surface area contributed by atoms with Gasteiger partial charge in [-0.15, -0.1) is 0 Å². The molecule has 0 amide bonds. The summed E-state index contributed by atoms with van der Waals surface area (Å²) >= 11 is 0. The Kier molecular flexibility index (Phi) is 4.48. The van der Waals surface area contributed by atoms with Crippen molar-refractivity contribution in [3.8, 4) is 5.75 Å². The van der Waals surface area contributed by atoms with Gasteiger partial charge in [0.25, 0.3) is 6.04 Å². The maximum atomic E-state index is 12.7. The molecule has 2 N–H and O–H groups in total. The van der Waals surface area contributed by atoms with Gasteiger partial charge in [0.2, 0.25) is 0 Å². The van der Waals surface area contributed by atoms with Crippen LogP contribution in [0.25, 0.3) is 0 Å². The molecule has 0 bridgehead atoms. The van der Waals surface area contributed by atoms with E-state index < -0.39 is 22.7 Å². The summed E-state index contributed by atoms with van der Waals surface area (Å²) in [5, 5.41) is 10.9. The lowest BCUT2D eigenvalue weighted by atomic mass is 10.0. The SMILES string of the molecule is COC1=C(Oc2cccc(C(F)(F)F)c2)C=C(N)C([N+](=O)[O-])C1. The third-order valence-electron chi connectivity index (χ3n) is 3.23. The fourth-order valence-electron chi connectivity index (χ4n) is 2.05. The first kappa shape index (κ1) is 16.7. The first-order chi connectivity index (χ1) is 10.7. The fourth-order valence-corrected chi connectivity index (χ4v) is 2.05. The van der Waals surface area contributed by atoms with Crippen LogP contribution in [0, 0.1) is 10.1 Å². The van der Waals surface area contributed by atoms with Crippen LogP contribution in [-0.4, -0.2) is 18.1 Å². The summed E-state index contributed by atoms with van der Waals surface area (Å²) in [6, 6.07) is 3.11. The van der Waals surface area contributed by atoms with Gasteiger partial charge in [-0.25, -0.2) is 0 Å². The average molecular weight is 330 g/mol. The first-order valence-corrected chi connectivity index (χ1v) is 6.45. The Labute approximate surface area is 129 Å². The summed E-state index contributed by atoms with van der Waals surface area (Å²) in [5.74, 6) is 0.105. The van der Waals surface area contributed by atoms with Crippen molar-refractivity contribution in [2.75, 3.05) is 7.11 Å². The maximum absolute atomic E-state index is 12.7. The number of nitrogens with two attached hydrogens (primary N) is 1. The summed E-state index contributed by atoms with van der Waals surface area (Å²) in [5.41, 5.74) is 4.68. The van der Waals surface area contributed by atoms with Crippen LogP contribution in [0.2, 0.25) is 0 Å². The van der Waals surface area contributed by atoms with Crippen molar-refractivity contribution >= 4 is 0 Å². The average Bonchev–Trinajstić information content (AvgIpc) is 2.46. The Balaban J connectivity index is 2.30. The molecule has 0 radical (unpaired) electrons. The normalized spacial score (nSPS) is 18.4. The number of nitrogens with zero attached hydrogens (tertiary/aromatic N) is 1. The van der Waals surface area contributed by atoms with E-state index in [9.17, 15) is 23.3 Å². The van der Waals surface area contributed by atoms with Gasteiger partial charge in [0.1, 0.15) is 11.5 Å². The topological polar surface area (TPSA) is 87.6 Å². The van der Waals surface area contributed by atoms with Crippen molar-refractivity contribution in [3.63, 3.8) is 0 Å². The van der Waals surface area contributed by atoms with Gasteiger partial charge in [-0.2, -0.15) is 13.2 Å². The predicted molar refractivity (Wildman–Crippen MR) is 73.8 cm³/mol. The standard InChI is InChI=1S/C14H13F3N2O4/c1-22-12-7-11(19(20)21)10(18)6-13(12)23-9-4-2-3-8(5-9)14(15,16)17/h2-6,11H,7,18H2,1H3. The number of benzene rings is 1. The van der Waals surface area contributed by atoms with Crippen molar-refractivity contribution in [3.05, 3.63) is 63.2 Å². The van der Waals surface area contributed by atoms with Gasteiger partial charge < -0.3 is 15.2 Å². The summed E-state index contributed by atoms with van der Waals surface area (Å²) in [6.45, 7) is 0. The van der Waals surface area contributed by atoms with Gasteiger partial charge in [0.05, 0.1) is 24.8 Å². The molecule has 1 atom stereocenters. The second-order valence-electron chi connectivity index (χ2n) is 4.77. The van der Waals surface area contributed by atoms with Gasteiger partial charge >= 0.3 is 6.18 Å². The van der Waals surface area contributed by atoms with Gasteiger partial charge in [-0.05, 0) is 18.2 Å². The van der Waals surface area contributed by atoms with Crippen molar-refractivity contribution < 1.29 is 27.6 Å². The lowest BCUT2D eigenvalue weighted by molar-refractivity contribution is -0.512. The van der Waals surface area contributed by atoms with E-state index in [1.807, 2.05) is 0 Å². The van der Waals surface area contributed by atoms with E-state index in [4.69, 9.17) is 15.2 Å². The molecule has 0 fully saturated rings. The van der Waals surface area contributed by atoms with Crippen LogP contribution in [0.15, 0.2) is 47.6 Å². The monoisotopic (exact) mass is 330 g/mol. The predicted octanol–water partition coefficient (Wildman–Crippen LogP) is 2.83. The molecule has 0 saturated heterocycles. The quantitative estimate of drug-likeness (QED) is 0.677. The number of nitro groups is 1. The summed E-state index contributed by atoms with van der Waals surface area (Å²) in [7, 11) is 1.29. The molecular formula is C14H13F3N2O4. The third-order valence-corrected chi connectivity index (χ3v) is 3.23. The van der Waals surface area contributed by atoms with Crippen LogP contribution in [-0.2, 0) is 10.9 Å². The molecular weight excluding hydrogens is 317 g/mol. The molecule has 0 heterocycles. The van der Waals surface area contributed by atoms with Crippen molar-refractivity contribution in [2.45, 2.75) is 18.6 Å². The molecule has 0 aromatic heterocycles. The molecule has 23 heavy (non-hydrogen) atoms. The molecule has 6 nitrogen and oxygen atoms in total. The van der Waals surface area contributed by atoms with Crippen LogP contribution in [0.4, 0.5) is 13.2 Å². The van der Waals surface area contributed by atoms with E-state index in [-0.39, 0.29) is 29.4 Å². The molecule has 2 rings (SSSR count). The van der Waals surface area contributed by atoms with E-state index in [1.54, 1.807) is 0 Å². The number of methoxy groups -OCH3 is 1. The highest BCUT2D eigenvalue weighted by atomic mass is 19.4. The zero-order valence-corrected chi connectivity index (χ0v) is 12.0. The number of hydrogen-bond acceptors (Lipinski definition) is 5. The van der Waals surface area contributed by atoms with Crippen LogP contribution in [0.3, 0.4) is 0 Å². The molecule has 1 aromatic carbocycles. The van der Waals surface area contributed by atoms with Crippen molar-refractivity contribution in [1.82, 2.24) is 0 Å². The van der Waals surface area contributed by atoms with Gasteiger partial charge in [0.15, 0.2) is 5.76 Å². The maximum Gasteiger partial charge on any atom is 0.416 e. The molecule has 9 heteroatoms. The Morgan fingerprint density at radius 3 is 2.65 bits per heavy atom. The minimum absolute atomic E-state index is 0.0439. The fraction of sp³-hybridized carbons (Fsp3) is 0.286. The number of halogens is 3. The summed E-state index contributed by atoms with van der Waals surface area (Å²) in [4.78, 5) is 10.3. The Bertz CT molecular complexity index is 683. The molecule has 0 aliphatic heterocycles. The van der Waals surface area contributed by atoms with Crippen LogP contribution >= 0.6 is 0 Å². The number of rotatable bonds is 4. The highest BCUT2D eigenvalue weighted by Crippen LogP contribution is 2.33. The smallest absolute Gasteiger partial charge is 0.416 e. The lowest BCUT2D eigenvalue weighted by Crippen LogP contribution is -2.31. The largest absolute Gasteiger partial charge is 0.497 e. The van der Waals surface area contributed by atoms with Crippen LogP contribution in [0.5, 0.6) is 5.75 Å². The minimum Gasteiger partial charge on any atom is -0.497 e. The van der Waals surface area contributed by atoms with Gasteiger partial charge in [-0.1, -0.05) is 6.07 Å². The first-order valence-electron chi connectivity index (χ1n) is 6.45. The van der Waals surface area contributed by atoms with E-state index in [2.05, 4.69) is 0 Å². The highest BCUT2D eigenvalue weighted by molar-refractivity contribution is 5.36. The molecule has 0 spiro atoms. The van der Waals surface area contributed by atoms with Crippen molar-refractivity contribution in [1.29, 1.82) is 0 Å². The lowest BCUT2D eigenvalue weighted by Gasteiger charge is -2.20. The number of ether oxygens (including phenoxy) is 2. The molecule has 1 unspecified atom stereocenters. The second-order valence-corrected chi connectivity index (χ2v) is 4.77. The zero-order valence-electron chi connectivity index (χ0n) is 12.0. The minimum atomic E-state index is -4.50. The molecule has 1 aliphatic rings. The Hall–Kier alpha value is -2.71. The number of allylic oxidation sites excluding steroid dienone is 1. The van der Waals surface area contributed by atoms with E-state index >= 15 is 0 Å². The molecule has 0 saturated carbocycles. The van der Waals surface area contributed by atoms with Crippen LogP contribution < -0.4 is 10.5 Å². The van der Waals surface area contributed by atoms with Gasteiger partial charge in [-0.3, -0.25) is 10.1 Å². The van der Waals surface area contributed by atoms with E-state index in [0.29, 0.717) is 0 Å². The van der Waals surface area contributed by atoms with Gasteiger partial charge in [0, 0.05) is 11.0 Å². The van der Waals surface area contributed by atoms with E-state index in [0.717, 1.165) is 12.1 Å². The molecule has 1 aliphatic carbocycles. The Morgan fingerprint density at radius 2 is 2.09 bits per heavy atom. The van der Waals surface area contributed by atoms with E-state index in [1.165, 1.54) is 25.3 Å². The van der Waals surface area contributed by atoms with Crippen molar-refractivity contribution in [2.24, 2.45) is 5.73 Å². The van der Waals surface area contributed by atoms with Crippen LogP contribution in [0.1, 0.15) is 12.0 Å². The highest BCUT2D eigenvalue weighted by Gasteiger charge is 2.33. The Morgan fingerprint density at radius 1 is 1.39 bits per heavy atom. The molecule has 124 valence electrons. The number of alkyl halides is 3. The molecule has 1 aromatic rings. The second kappa shape index (κ2) is 6.19. The summed E-state index contributed by atoms with van der Waals surface area (Å²) in [6.07, 6.45) is -3.45. The summed E-state index contributed by atoms with van der Waals surface area (Å²) < 4.78 is 48.5. The zero-order chi connectivity index (χ0) is 17.2. The number of hydrogen-bond donors (Lipinski definition) is 1. The third kappa shape index (κ3) is 3.74.